The highest BCUT2D eigenvalue weighted by atomic mass is 16.1. The van der Waals surface area contributed by atoms with E-state index in [-0.39, 0.29) is 5.91 Å². The highest BCUT2D eigenvalue weighted by Gasteiger charge is 2.10. The minimum atomic E-state index is 0.0547. The molecule has 0 saturated carbocycles. The van der Waals surface area contributed by atoms with E-state index in [0.29, 0.717) is 19.5 Å². The van der Waals surface area contributed by atoms with Crippen LogP contribution in [0.5, 0.6) is 0 Å². The number of benzene rings is 1. The van der Waals surface area contributed by atoms with E-state index in [4.69, 9.17) is 0 Å². The summed E-state index contributed by atoms with van der Waals surface area (Å²) >= 11 is 0. The van der Waals surface area contributed by atoms with Crippen LogP contribution in [0.2, 0.25) is 0 Å². The zero-order valence-electron chi connectivity index (χ0n) is 11.3. The van der Waals surface area contributed by atoms with Crippen molar-refractivity contribution in [3.05, 3.63) is 53.3 Å². The van der Waals surface area contributed by atoms with Gasteiger partial charge in [-0.1, -0.05) is 18.2 Å². The normalized spacial score (nSPS) is 13.2. The summed E-state index contributed by atoms with van der Waals surface area (Å²) in [5.41, 5.74) is 3.85. The first-order chi connectivity index (χ1) is 9.81. The van der Waals surface area contributed by atoms with Crippen molar-refractivity contribution in [2.24, 2.45) is 0 Å². The van der Waals surface area contributed by atoms with E-state index in [2.05, 4.69) is 33.9 Å². The molecule has 1 aliphatic heterocycles. The van der Waals surface area contributed by atoms with E-state index in [1.807, 2.05) is 12.3 Å². The van der Waals surface area contributed by atoms with E-state index >= 15 is 0 Å². The zero-order chi connectivity index (χ0) is 13.8. The molecule has 2 N–H and O–H groups in total. The lowest BCUT2D eigenvalue weighted by atomic mass is 10.1. The molecule has 0 fully saturated rings. The maximum Gasteiger partial charge on any atom is 0.222 e. The molecule has 1 aromatic carbocycles. The lowest BCUT2D eigenvalue weighted by molar-refractivity contribution is -0.121. The van der Waals surface area contributed by atoms with Gasteiger partial charge < -0.3 is 10.6 Å². The van der Waals surface area contributed by atoms with Gasteiger partial charge >= 0.3 is 0 Å². The minimum Gasteiger partial charge on any atom is -0.352 e. The SMILES string of the molecule is O=C(CCn1cccn1)NCc1ccc2c(c1)CNC2. The van der Waals surface area contributed by atoms with Crippen LogP contribution < -0.4 is 10.6 Å². The fourth-order valence-corrected chi connectivity index (χ4v) is 2.40. The van der Waals surface area contributed by atoms with Crippen LogP contribution in [0.4, 0.5) is 0 Å². The van der Waals surface area contributed by atoms with Gasteiger partial charge in [-0.05, 0) is 22.8 Å². The van der Waals surface area contributed by atoms with Crippen LogP contribution in [0.25, 0.3) is 0 Å². The highest BCUT2D eigenvalue weighted by Crippen LogP contribution is 2.16. The Bertz CT molecular complexity index is 592. The number of carbonyl (C=O) groups excluding carboxylic acids is 1. The second-order valence-electron chi connectivity index (χ2n) is 5.00. The molecule has 0 atom stereocenters. The second-order valence-corrected chi connectivity index (χ2v) is 5.00. The van der Waals surface area contributed by atoms with Crippen LogP contribution in [0, 0.1) is 0 Å². The number of aryl methyl sites for hydroxylation is 1. The first-order valence-corrected chi connectivity index (χ1v) is 6.87. The summed E-state index contributed by atoms with van der Waals surface area (Å²) < 4.78 is 1.76. The quantitative estimate of drug-likeness (QED) is 0.858. The Morgan fingerprint density at radius 3 is 3.10 bits per heavy atom. The maximum absolute atomic E-state index is 11.8. The summed E-state index contributed by atoms with van der Waals surface area (Å²) in [5.74, 6) is 0.0547. The molecule has 0 radical (unpaired) electrons. The molecular weight excluding hydrogens is 252 g/mol. The third kappa shape index (κ3) is 3.05. The average Bonchev–Trinajstić information content (AvgIpc) is 3.13. The zero-order valence-corrected chi connectivity index (χ0v) is 11.3. The number of carbonyl (C=O) groups is 1. The molecule has 0 aliphatic carbocycles. The van der Waals surface area contributed by atoms with Crippen molar-refractivity contribution in [3.8, 4) is 0 Å². The van der Waals surface area contributed by atoms with Crippen molar-refractivity contribution < 1.29 is 4.79 Å². The molecule has 0 unspecified atom stereocenters. The van der Waals surface area contributed by atoms with Gasteiger partial charge in [0.2, 0.25) is 5.91 Å². The summed E-state index contributed by atoms with van der Waals surface area (Å²) in [6.45, 7) is 3.08. The predicted molar refractivity (Wildman–Crippen MR) is 75.7 cm³/mol. The monoisotopic (exact) mass is 270 g/mol. The molecule has 3 rings (SSSR count). The topological polar surface area (TPSA) is 59.0 Å². The highest BCUT2D eigenvalue weighted by molar-refractivity contribution is 5.75. The maximum atomic E-state index is 11.8. The molecular formula is C15H18N4O. The molecule has 1 aromatic heterocycles. The second kappa shape index (κ2) is 5.88. The Labute approximate surface area is 118 Å². The lowest BCUT2D eigenvalue weighted by Gasteiger charge is -2.07. The first kappa shape index (κ1) is 12.9. The van der Waals surface area contributed by atoms with Gasteiger partial charge in [-0.3, -0.25) is 9.48 Å². The van der Waals surface area contributed by atoms with Crippen LogP contribution in [0.1, 0.15) is 23.1 Å². The van der Waals surface area contributed by atoms with Crippen molar-refractivity contribution in [1.82, 2.24) is 20.4 Å². The number of rotatable bonds is 5. The molecule has 1 amide bonds. The Hall–Kier alpha value is -2.14. The van der Waals surface area contributed by atoms with Crippen LogP contribution in [-0.4, -0.2) is 15.7 Å². The Balaban J connectivity index is 1.48. The molecule has 5 heteroatoms. The Kier molecular flexibility index (Phi) is 3.78. The molecule has 0 spiro atoms. The van der Waals surface area contributed by atoms with Crippen molar-refractivity contribution >= 4 is 5.91 Å². The average molecular weight is 270 g/mol. The van der Waals surface area contributed by atoms with Crippen molar-refractivity contribution in [2.45, 2.75) is 32.6 Å². The third-order valence-electron chi connectivity index (χ3n) is 3.52. The third-order valence-corrected chi connectivity index (χ3v) is 3.52. The number of amides is 1. The fourth-order valence-electron chi connectivity index (χ4n) is 2.40. The van der Waals surface area contributed by atoms with Crippen LogP contribution in [-0.2, 0) is 31.0 Å². The first-order valence-electron chi connectivity index (χ1n) is 6.87. The van der Waals surface area contributed by atoms with Crippen LogP contribution in [0.15, 0.2) is 36.7 Å². The van der Waals surface area contributed by atoms with Gasteiger partial charge in [-0.25, -0.2) is 0 Å². The fraction of sp³-hybridized carbons (Fsp3) is 0.333. The number of fused-ring (bicyclic) bond motifs is 1. The molecule has 2 heterocycles. The summed E-state index contributed by atoms with van der Waals surface area (Å²) in [4.78, 5) is 11.8. The van der Waals surface area contributed by atoms with Gasteiger partial charge in [0.15, 0.2) is 0 Å². The van der Waals surface area contributed by atoms with Gasteiger partial charge in [0, 0.05) is 45.0 Å². The van der Waals surface area contributed by atoms with E-state index < -0.39 is 0 Å². The molecule has 0 saturated heterocycles. The number of hydrogen-bond donors (Lipinski definition) is 2. The number of hydrogen-bond acceptors (Lipinski definition) is 3. The number of aromatic nitrogens is 2. The van der Waals surface area contributed by atoms with E-state index in [0.717, 1.165) is 18.7 Å². The van der Waals surface area contributed by atoms with E-state index in [9.17, 15) is 4.79 Å². The minimum absolute atomic E-state index is 0.0547. The van der Waals surface area contributed by atoms with Gasteiger partial charge in [-0.2, -0.15) is 5.10 Å². The van der Waals surface area contributed by atoms with E-state index in [1.165, 1.54) is 11.1 Å². The molecule has 0 bridgehead atoms. The Morgan fingerprint density at radius 1 is 1.35 bits per heavy atom. The van der Waals surface area contributed by atoms with Crippen LogP contribution in [0.3, 0.4) is 0 Å². The summed E-state index contributed by atoms with van der Waals surface area (Å²) in [5, 5.41) is 10.3. The Morgan fingerprint density at radius 2 is 2.25 bits per heavy atom. The smallest absolute Gasteiger partial charge is 0.222 e. The number of nitrogens with one attached hydrogen (secondary N) is 2. The largest absolute Gasteiger partial charge is 0.352 e. The molecule has 104 valence electrons. The standard InChI is InChI=1S/C15H18N4O/c20-15(4-7-19-6-1-5-18-19)17-9-12-2-3-13-10-16-11-14(13)8-12/h1-3,5-6,8,16H,4,7,9-11H2,(H,17,20). The summed E-state index contributed by atoms with van der Waals surface area (Å²) in [6, 6.07) is 8.25. The number of nitrogens with zero attached hydrogens (tertiary/aromatic N) is 2. The van der Waals surface area contributed by atoms with Crippen LogP contribution >= 0.6 is 0 Å². The molecule has 2 aromatic rings. The van der Waals surface area contributed by atoms with Gasteiger partial charge in [0.05, 0.1) is 0 Å². The van der Waals surface area contributed by atoms with E-state index in [1.54, 1.807) is 10.9 Å². The molecule has 1 aliphatic rings. The predicted octanol–water partition coefficient (Wildman–Crippen LogP) is 1.19. The molecule has 5 nitrogen and oxygen atoms in total. The summed E-state index contributed by atoms with van der Waals surface area (Å²) in [6.07, 6.45) is 4.03. The summed E-state index contributed by atoms with van der Waals surface area (Å²) in [7, 11) is 0. The van der Waals surface area contributed by atoms with Gasteiger partial charge in [-0.15, -0.1) is 0 Å². The van der Waals surface area contributed by atoms with Gasteiger partial charge in [0.25, 0.3) is 0 Å². The van der Waals surface area contributed by atoms with Gasteiger partial charge in [0.1, 0.15) is 0 Å². The van der Waals surface area contributed by atoms with Crippen molar-refractivity contribution in [1.29, 1.82) is 0 Å². The molecule has 20 heavy (non-hydrogen) atoms. The van der Waals surface area contributed by atoms with Crippen molar-refractivity contribution in [3.63, 3.8) is 0 Å². The van der Waals surface area contributed by atoms with Crippen molar-refractivity contribution in [2.75, 3.05) is 0 Å². The lowest BCUT2D eigenvalue weighted by Crippen LogP contribution is -2.24.